The standard InChI is InChI=1S/C14H22N2/c1-14(9-4-2-5-10-14)16-12-8-13-7-3-6-11-15-13/h3,6-7,11,16H,2,4-5,8-10,12H2,1H3. The molecule has 1 N–H and O–H groups in total. The van der Waals surface area contributed by atoms with Crippen molar-refractivity contribution in [3.63, 3.8) is 0 Å². The maximum Gasteiger partial charge on any atom is 0.0416 e. The Hall–Kier alpha value is -0.890. The second-order valence-corrected chi connectivity index (χ2v) is 5.12. The van der Waals surface area contributed by atoms with Crippen molar-refractivity contribution in [3.05, 3.63) is 30.1 Å². The lowest BCUT2D eigenvalue weighted by Crippen LogP contribution is -2.44. The van der Waals surface area contributed by atoms with Crippen molar-refractivity contribution in [1.82, 2.24) is 10.3 Å². The van der Waals surface area contributed by atoms with E-state index in [1.165, 1.54) is 37.8 Å². The molecule has 0 aliphatic heterocycles. The molecule has 2 rings (SSSR count). The van der Waals surface area contributed by atoms with Gasteiger partial charge in [0.1, 0.15) is 0 Å². The molecule has 1 heterocycles. The van der Waals surface area contributed by atoms with Gasteiger partial charge in [-0.2, -0.15) is 0 Å². The molecule has 0 amide bonds. The maximum atomic E-state index is 4.34. The Morgan fingerprint density at radius 3 is 2.75 bits per heavy atom. The van der Waals surface area contributed by atoms with Crippen molar-refractivity contribution >= 4 is 0 Å². The SMILES string of the molecule is CC1(NCCc2ccccn2)CCCCC1. The minimum atomic E-state index is 0.382. The van der Waals surface area contributed by atoms with Crippen LogP contribution in [0.25, 0.3) is 0 Å². The highest BCUT2D eigenvalue weighted by Gasteiger charge is 2.25. The van der Waals surface area contributed by atoms with Gasteiger partial charge in [0.2, 0.25) is 0 Å². The fraction of sp³-hybridized carbons (Fsp3) is 0.643. The van der Waals surface area contributed by atoms with Crippen LogP contribution in [-0.2, 0) is 6.42 Å². The Bertz CT molecular complexity index is 302. The van der Waals surface area contributed by atoms with Crippen LogP contribution in [0.1, 0.15) is 44.7 Å². The Kier molecular flexibility index (Phi) is 3.94. The second-order valence-electron chi connectivity index (χ2n) is 5.12. The highest BCUT2D eigenvalue weighted by Crippen LogP contribution is 2.27. The van der Waals surface area contributed by atoms with Gasteiger partial charge in [-0.25, -0.2) is 0 Å². The quantitative estimate of drug-likeness (QED) is 0.840. The Labute approximate surface area is 98.5 Å². The zero-order valence-corrected chi connectivity index (χ0v) is 10.2. The van der Waals surface area contributed by atoms with Crippen LogP contribution in [0.4, 0.5) is 0 Å². The van der Waals surface area contributed by atoms with Crippen molar-refractivity contribution < 1.29 is 0 Å². The highest BCUT2D eigenvalue weighted by atomic mass is 15.0. The summed E-state index contributed by atoms with van der Waals surface area (Å²) < 4.78 is 0. The van der Waals surface area contributed by atoms with Crippen LogP contribution in [0.15, 0.2) is 24.4 Å². The van der Waals surface area contributed by atoms with Crippen LogP contribution in [-0.4, -0.2) is 17.1 Å². The predicted molar refractivity (Wildman–Crippen MR) is 67.4 cm³/mol. The lowest BCUT2D eigenvalue weighted by atomic mass is 9.83. The largest absolute Gasteiger partial charge is 0.311 e. The molecule has 0 spiro atoms. The third-order valence-electron chi connectivity index (χ3n) is 3.62. The summed E-state index contributed by atoms with van der Waals surface area (Å²) in [5.41, 5.74) is 1.57. The first-order valence-electron chi connectivity index (χ1n) is 6.43. The Morgan fingerprint density at radius 2 is 2.06 bits per heavy atom. The zero-order valence-electron chi connectivity index (χ0n) is 10.2. The van der Waals surface area contributed by atoms with Gasteiger partial charge in [0, 0.05) is 30.4 Å². The minimum absolute atomic E-state index is 0.382. The molecule has 1 aliphatic rings. The van der Waals surface area contributed by atoms with Crippen LogP contribution < -0.4 is 5.32 Å². The van der Waals surface area contributed by atoms with Gasteiger partial charge < -0.3 is 5.32 Å². The first-order chi connectivity index (χ1) is 7.79. The van der Waals surface area contributed by atoms with E-state index in [1.807, 2.05) is 12.3 Å². The number of nitrogens with zero attached hydrogens (tertiary/aromatic N) is 1. The Balaban J connectivity index is 1.75. The van der Waals surface area contributed by atoms with Crippen LogP contribution in [0.5, 0.6) is 0 Å². The summed E-state index contributed by atoms with van der Waals surface area (Å²) in [5, 5.41) is 3.71. The molecule has 1 saturated carbocycles. The predicted octanol–water partition coefficient (Wildman–Crippen LogP) is 2.94. The Morgan fingerprint density at radius 1 is 1.25 bits per heavy atom. The molecule has 1 aliphatic carbocycles. The molecular weight excluding hydrogens is 196 g/mol. The third kappa shape index (κ3) is 3.31. The number of rotatable bonds is 4. The molecule has 1 fully saturated rings. The first kappa shape index (κ1) is 11.6. The van der Waals surface area contributed by atoms with Gasteiger partial charge in [-0.15, -0.1) is 0 Å². The lowest BCUT2D eigenvalue weighted by Gasteiger charge is -2.34. The number of nitrogens with one attached hydrogen (secondary N) is 1. The monoisotopic (exact) mass is 218 g/mol. The van der Waals surface area contributed by atoms with Gasteiger partial charge in [0.15, 0.2) is 0 Å². The molecule has 0 radical (unpaired) electrons. The summed E-state index contributed by atoms with van der Waals surface area (Å²) in [7, 11) is 0. The molecule has 0 unspecified atom stereocenters. The van der Waals surface area contributed by atoms with Crippen molar-refractivity contribution in [2.45, 2.75) is 51.0 Å². The average Bonchev–Trinajstić information content (AvgIpc) is 2.31. The molecule has 2 heteroatoms. The van der Waals surface area contributed by atoms with Crippen LogP contribution in [0.2, 0.25) is 0 Å². The molecule has 88 valence electrons. The summed E-state index contributed by atoms with van der Waals surface area (Å²) in [5.74, 6) is 0. The molecule has 16 heavy (non-hydrogen) atoms. The van der Waals surface area contributed by atoms with E-state index in [9.17, 15) is 0 Å². The fourth-order valence-electron chi connectivity index (χ4n) is 2.55. The van der Waals surface area contributed by atoms with Gasteiger partial charge in [0.25, 0.3) is 0 Å². The van der Waals surface area contributed by atoms with Gasteiger partial charge >= 0.3 is 0 Å². The van der Waals surface area contributed by atoms with E-state index in [4.69, 9.17) is 0 Å². The van der Waals surface area contributed by atoms with E-state index in [-0.39, 0.29) is 0 Å². The van der Waals surface area contributed by atoms with Crippen molar-refractivity contribution in [2.75, 3.05) is 6.54 Å². The second kappa shape index (κ2) is 5.44. The highest BCUT2D eigenvalue weighted by molar-refractivity contribution is 5.04. The smallest absolute Gasteiger partial charge is 0.0416 e. The molecule has 2 nitrogen and oxygen atoms in total. The molecule has 0 saturated heterocycles. The van der Waals surface area contributed by atoms with E-state index in [0.717, 1.165) is 13.0 Å². The fourth-order valence-corrected chi connectivity index (χ4v) is 2.55. The third-order valence-corrected chi connectivity index (χ3v) is 3.62. The zero-order chi connectivity index (χ0) is 11.3. The van der Waals surface area contributed by atoms with E-state index in [2.05, 4.69) is 29.4 Å². The molecule has 1 aromatic heterocycles. The van der Waals surface area contributed by atoms with E-state index < -0.39 is 0 Å². The topological polar surface area (TPSA) is 24.9 Å². The van der Waals surface area contributed by atoms with Crippen molar-refractivity contribution in [1.29, 1.82) is 0 Å². The van der Waals surface area contributed by atoms with Crippen LogP contribution in [0.3, 0.4) is 0 Å². The van der Waals surface area contributed by atoms with E-state index in [1.54, 1.807) is 0 Å². The summed E-state index contributed by atoms with van der Waals surface area (Å²) in [6, 6.07) is 6.13. The van der Waals surface area contributed by atoms with Gasteiger partial charge in [0.05, 0.1) is 0 Å². The van der Waals surface area contributed by atoms with Crippen LogP contribution in [0, 0.1) is 0 Å². The number of hydrogen-bond donors (Lipinski definition) is 1. The summed E-state index contributed by atoms with van der Waals surface area (Å²) >= 11 is 0. The van der Waals surface area contributed by atoms with Crippen LogP contribution >= 0.6 is 0 Å². The molecule has 0 bridgehead atoms. The van der Waals surface area contributed by atoms with Crippen molar-refractivity contribution in [3.8, 4) is 0 Å². The van der Waals surface area contributed by atoms with Gasteiger partial charge in [-0.3, -0.25) is 4.98 Å². The van der Waals surface area contributed by atoms with Gasteiger partial charge in [-0.1, -0.05) is 25.3 Å². The average molecular weight is 218 g/mol. The molecule has 1 aromatic rings. The number of hydrogen-bond acceptors (Lipinski definition) is 2. The molecule has 0 atom stereocenters. The molecular formula is C14H22N2. The van der Waals surface area contributed by atoms with Gasteiger partial charge in [-0.05, 0) is 31.9 Å². The summed E-state index contributed by atoms with van der Waals surface area (Å²) in [6.07, 6.45) is 9.75. The van der Waals surface area contributed by atoms with E-state index in [0.29, 0.717) is 5.54 Å². The minimum Gasteiger partial charge on any atom is -0.311 e. The summed E-state index contributed by atoms with van der Waals surface area (Å²) in [6.45, 7) is 3.41. The number of aromatic nitrogens is 1. The first-order valence-corrected chi connectivity index (χ1v) is 6.43. The lowest BCUT2D eigenvalue weighted by molar-refractivity contribution is 0.256. The number of pyridine rings is 1. The maximum absolute atomic E-state index is 4.34. The molecule has 0 aromatic carbocycles. The normalized spacial score (nSPS) is 19.6. The summed E-state index contributed by atoms with van der Waals surface area (Å²) in [4.78, 5) is 4.34. The van der Waals surface area contributed by atoms with E-state index >= 15 is 0 Å². The van der Waals surface area contributed by atoms with Crippen molar-refractivity contribution in [2.24, 2.45) is 0 Å².